The molecule has 1 aliphatic heterocycles. The summed E-state index contributed by atoms with van der Waals surface area (Å²) in [4.78, 5) is 71.4. The Morgan fingerprint density at radius 1 is 1.17 bits per heavy atom. The van der Waals surface area contributed by atoms with Crippen LogP contribution in [-0.4, -0.2) is 45.8 Å². The van der Waals surface area contributed by atoms with E-state index in [-0.39, 0.29) is 39.6 Å². The van der Waals surface area contributed by atoms with Crippen LogP contribution in [0.5, 0.6) is 0 Å². The molecular weight excluding hydrogens is 400 g/mol. The number of primary amides is 1. The predicted molar refractivity (Wildman–Crippen MR) is 99.1 cm³/mol. The number of rotatable bonds is 6. The van der Waals surface area contributed by atoms with Crippen molar-refractivity contribution in [3.63, 3.8) is 0 Å². The van der Waals surface area contributed by atoms with Crippen molar-refractivity contribution in [3.8, 4) is 0 Å². The Hall–Kier alpha value is -4.35. The number of nitrogens with two attached hydrogens (primary N) is 1. The number of Topliss-reactive ketones (excluding diaryl/α,β-unsaturated/α-hetero) is 1. The van der Waals surface area contributed by atoms with Gasteiger partial charge in [0.05, 0.1) is 21.6 Å². The number of benzene rings is 1. The number of nitro groups is 1. The number of non-ortho nitro benzene ring substituents is 1. The van der Waals surface area contributed by atoms with Gasteiger partial charge in [0.2, 0.25) is 11.8 Å². The van der Waals surface area contributed by atoms with Crippen LogP contribution in [0.4, 0.5) is 11.6 Å². The van der Waals surface area contributed by atoms with Crippen LogP contribution in [0.25, 0.3) is 0 Å². The zero-order valence-corrected chi connectivity index (χ0v) is 15.7. The summed E-state index contributed by atoms with van der Waals surface area (Å²) in [7, 11) is 0. The first-order chi connectivity index (χ1) is 14.0. The zero-order valence-electron chi connectivity index (χ0n) is 15.7. The van der Waals surface area contributed by atoms with Crippen LogP contribution in [0.15, 0.2) is 22.6 Å². The number of hydrogen-bond acceptors (Lipinski definition) is 8. The molecule has 2 aromatic rings. The van der Waals surface area contributed by atoms with E-state index in [1.165, 1.54) is 13.8 Å². The van der Waals surface area contributed by atoms with Gasteiger partial charge in [-0.05, 0) is 19.9 Å². The molecule has 0 saturated carbocycles. The van der Waals surface area contributed by atoms with E-state index in [1.54, 1.807) is 0 Å². The summed E-state index contributed by atoms with van der Waals surface area (Å²) in [5.41, 5.74) is 4.19. The van der Waals surface area contributed by atoms with Gasteiger partial charge in [-0.1, -0.05) is 0 Å². The second-order valence-electron chi connectivity index (χ2n) is 6.39. The minimum Gasteiger partial charge on any atom is -0.444 e. The number of hydrogen-bond donors (Lipinski definition) is 2. The van der Waals surface area contributed by atoms with Crippen LogP contribution in [0.3, 0.4) is 0 Å². The lowest BCUT2D eigenvalue weighted by Gasteiger charge is -2.13. The Morgan fingerprint density at radius 3 is 2.37 bits per heavy atom. The Labute approximate surface area is 167 Å². The average molecular weight is 414 g/mol. The van der Waals surface area contributed by atoms with Crippen molar-refractivity contribution < 1.29 is 33.3 Å². The first kappa shape index (κ1) is 20.4. The molecule has 1 aromatic carbocycles. The van der Waals surface area contributed by atoms with Crippen molar-refractivity contribution in [2.45, 2.75) is 13.8 Å². The fourth-order valence-corrected chi connectivity index (χ4v) is 3.14. The summed E-state index contributed by atoms with van der Waals surface area (Å²) >= 11 is 0. The van der Waals surface area contributed by atoms with E-state index in [9.17, 15) is 34.1 Å². The summed E-state index contributed by atoms with van der Waals surface area (Å²) in [5, 5.41) is 13.1. The number of carbonyl (C=O) groups excluding carboxylic acids is 5. The van der Waals surface area contributed by atoms with E-state index < -0.39 is 40.9 Å². The van der Waals surface area contributed by atoms with E-state index in [4.69, 9.17) is 10.2 Å². The van der Waals surface area contributed by atoms with Gasteiger partial charge in [-0.25, -0.2) is 0 Å². The number of nitro benzene ring substituents is 1. The maximum absolute atomic E-state index is 12.5. The number of fused-ring (bicyclic) bond motifs is 1. The number of carbonyl (C=O) groups is 5. The fraction of sp³-hybridized carbons (Fsp3) is 0.167. The van der Waals surface area contributed by atoms with E-state index >= 15 is 0 Å². The second-order valence-corrected chi connectivity index (χ2v) is 6.39. The Bertz CT molecular complexity index is 1160. The summed E-state index contributed by atoms with van der Waals surface area (Å²) < 4.78 is 5.24. The third-order valence-electron chi connectivity index (χ3n) is 4.40. The van der Waals surface area contributed by atoms with Crippen LogP contribution < -0.4 is 11.1 Å². The quantitative estimate of drug-likeness (QED) is 0.304. The van der Waals surface area contributed by atoms with Gasteiger partial charge >= 0.3 is 0 Å². The van der Waals surface area contributed by atoms with Crippen molar-refractivity contribution in [2.24, 2.45) is 5.73 Å². The molecule has 0 radical (unpaired) electrons. The second kappa shape index (κ2) is 7.24. The Balaban J connectivity index is 1.84. The van der Waals surface area contributed by atoms with Crippen LogP contribution in [0, 0.1) is 17.0 Å². The SMILES string of the molecule is CC(=O)c1c(C)oc(NC(=O)CN2C(=O)c3ccc([N+](=O)[O-])cc3C2=O)c1C(N)=O. The van der Waals surface area contributed by atoms with Crippen LogP contribution >= 0.6 is 0 Å². The molecule has 0 atom stereocenters. The van der Waals surface area contributed by atoms with Crippen molar-refractivity contribution in [1.29, 1.82) is 0 Å². The van der Waals surface area contributed by atoms with Crippen molar-refractivity contribution in [3.05, 3.63) is 56.3 Å². The minimum atomic E-state index is -1.01. The van der Waals surface area contributed by atoms with Gasteiger partial charge in [0.15, 0.2) is 5.78 Å². The van der Waals surface area contributed by atoms with Crippen LogP contribution in [0.2, 0.25) is 0 Å². The largest absolute Gasteiger partial charge is 0.444 e. The molecular formula is C18H14N4O8. The molecule has 12 heteroatoms. The van der Waals surface area contributed by atoms with E-state index in [0.29, 0.717) is 4.90 Å². The lowest BCUT2D eigenvalue weighted by atomic mass is 10.1. The molecule has 3 N–H and O–H groups in total. The fourth-order valence-electron chi connectivity index (χ4n) is 3.14. The van der Waals surface area contributed by atoms with Gasteiger partial charge in [-0.3, -0.25) is 44.3 Å². The molecule has 0 unspecified atom stereocenters. The van der Waals surface area contributed by atoms with Gasteiger partial charge in [0, 0.05) is 12.1 Å². The maximum Gasteiger partial charge on any atom is 0.270 e. The molecule has 0 saturated heterocycles. The highest BCUT2D eigenvalue weighted by atomic mass is 16.6. The molecule has 3 rings (SSSR count). The zero-order chi connectivity index (χ0) is 22.3. The number of anilines is 1. The topological polar surface area (TPSA) is 183 Å². The van der Waals surface area contributed by atoms with Gasteiger partial charge in [-0.2, -0.15) is 0 Å². The van der Waals surface area contributed by atoms with Crippen molar-refractivity contribution in [2.75, 3.05) is 11.9 Å². The monoisotopic (exact) mass is 414 g/mol. The number of nitrogens with one attached hydrogen (secondary N) is 1. The highest BCUT2D eigenvalue weighted by molar-refractivity contribution is 6.23. The van der Waals surface area contributed by atoms with Crippen molar-refractivity contribution in [1.82, 2.24) is 4.90 Å². The maximum atomic E-state index is 12.5. The molecule has 12 nitrogen and oxygen atoms in total. The highest BCUT2D eigenvalue weighted by Gasteiger charge is 2.38. The Morgan fingerprint density at radius 2 is 1.80 bits per heavy atom. The third-order valence-corrected chi connectivity index (χ3v) is 4.40. The van der Waals surface area contributed by atoms with Crippen LogP contribution in [0.1, 0.15) is 54.1 Å². The molecule has 30 heavy (non-hydrogen) atoms. The molecule has 0 fully saturated rings. The molecule has 154 valence electrons. The highest BCUT2D eigenvalue weighted by Crippen LogP contribution is 2.29. The molecule has 2 heterocycles. The number of aryl methyl sites for hydroxylation is 1. The normalized spacial score (nSPS) is 12.7. The summed E-state index contributed by atoms with van der Waals surface area (Å²) in [6.07, 6.45) is 0. The lowest BCUT2D eigenvalue weighted by molar-refractivity contribution is -0.384. The van der Waals surface area contributed by atoms with Crippen molar-refractivity contribution >= 4 is 41.0 Å². The standard InChI is InChI=1S/C18H14N4O8/c1-7(23)13-8(2)30-16(14(13)15(19)25)20-12(24)6-21-17(26)10-4-3-9(22(28)29)5-11(10)18(21)27/h3-5H,6H2,1-2H3,(H2,19,25)(H,20,24). The summed E-state index contributed by atoms with van der Waals surface area (Å²) in [5.74, 6) is -4.46. The minimum absolute atomic E-state index is 0.0552. The number of nitrogens with zero attached hydrogens (tertiary/aromatic N) is 2. The number of amides is 4. The van der Waals surface area contributed by atoms with Gasteiger partial charge < -0.3 is 10.2 Å². The van der Waals surface area contributed by atoms with Gasteiger partial charge in [-0.15, -0.1) is 0 Å². The number of imide groups is 1. The molecule has 1 aromatic heterocycles. The number of furan rings is 1. The Kier molecular flexibility index (Phi) is 4.92. The number of ketones is 1. The lowest BCUT2D eigenvalue weighted by Crippen LogP contribution is -2.37. The summed E-state index contributed by atoms with van der Waals surface area (Å²) in [6.45, 7) is 1.83. The van der Waals surface area contributed by atoms with E-state index in [1.807, 2.05) is 0 Å². The summed E-state index contributed by atoms with van der Waals surface area (Å²) in [6, 6.07) is 3.15. The van der Waals surface area contributed by atoms with E-state index in [0.717, 1.165) is 18.2 Å². The van der Waals surface area contributed by atoms with Gasteiger partial charge in [0.1, 0.15) is 17.9 Å². The van der Waals surface area contributed by atoms with Crippen LogP contribution in [-0.2, 0) is 4.79 Å². The first-order valence-corrected chi connectivity index (χ1v) is 8.41. The molecule has 0 bridgehead atoms. The van der Waals surface area contributed by atoms with E-state index in [2.05, 4.69) is 5.32 Å². The smallest absolute Gasteiger partial charge is 0.270 e. The third kappa shape index (κ3) is 3.30. The molecule has 1 aliphatic rings. The first-order valence-electron chi connectivity index (χ1n) is 8.41. The average Bonchev–Trinajstić information content (AvgIpc) is 3.10. The van der Waals surface area contributed by atoms with Gasteiger partial charge in [0.25, 0.3) is 23.4 Å². The predicted octanol–water partition coefficient (Wildman–Crippen LogP) is 1.03. The molecule has 4 amide bonds. The molecule has 0 aliphatic carbocycles. The molecule has 0 spiro atoms.